The lowest BCUT2D eigenvalue weighted by molar-refractivity contribution is 0.0599. The van der Waals surface area contributed by atoms with Crippen LogP contribution in [0.1, 0.15) is 39.6 Å². The minimum Gasteiger partial charge on any atom is -0.478 e. The minimum absolute atomic E-state index is 0.0913. The van der Waals surface area contributed by atoms with Crippen molar-refractivity contribution in [2.45, 2.75) is 25.8 Å². The fourth-order valence-corrected chi connectivity index (χ4v) is 2.98. The van der Waals surface area contributed by atoms with Gasteiger partial charge in [-0.15, -0.1) is 0 Å². The second-order valence-electron chi connectivity index (χ2n) is 7.03. The Hall–Kier alpha value is -3.55. The number of benzene rings is 2. The summed E-state index contributed by atoms with van der Waals surface area (Å²) in [6.45, 7) is 1.96. The molecule has 0 saturated heterocycles. The van der Waals surface area contributed by atoms with Gasteiger partial charge in [0, 0.05) is 20.1 Å². The Morgan fingerprint density at radius 2 is 1.70 bits per heavy atom. The standard InChI is InChI=1S/C22H27N3O5/c1-5-17(12-14-6-8-15(9-7-14)21(28)30-4)23-22(29)24-18-13-16(20(26)27)10-11-19(18)25(2)3/h6-11,13,17H,5,12H2,1-4H3,(H,26,27)(H2,23,24,29). The molecule has 0 bridgehead atoms. The normalized spacial score (nSPS) is 11.3. The molecular formula is C22H27N3O5. The largest absolute Gasteiger partial charge is 0.478 e. The van der Waals surface area contributed by atoms with Gasteiger partial charge in [-0.2, -0.15) is 0 Å². The quantitative estimate of drug-likeness (QED) is 0.573. The molecule has 2 aromatic carbocycles. The van der Waals surface area contributed by atoms with E-state index < -0.39 is 18.0 Å². The number of hydrogen-bond acceptors (Lipinski definition) is 5. The topological polar surface area (TPSA) is 108 Å². The number of hydrogen-bond donors (Lipinski definition) is 3. The van der Waals surface area contributed by atoms with Crippen molar-refractivity contribution >= 4 is 29.3 Å². The molecule has 0 aromatic heterocycles. The third kappa shape index (κ3) is 5.97. The highest BCUT2D eigenvalue weighted by molar-refractivity contribution is 5.97. The van der Waals surface area contributed by atoms with Crippen molar-refractivity contribution < 1.29 is 24.2 Å². The molecule has 8 nitrogen and oxygen atoms in total. The molecule has 3 N–H and O–H groups in total. The van der Waals surface area contributed by atoms with E-state index in [4.69, 9.17) is 4.74 Å². The lowest BCUT2D eigenvalue weighted by Crippen LogP contribution is -2.39. The van der Waals surface area contributed by atoms with Crippen LogP contribution in [0.2, 0.25) is 0 Å². The molecular weight excluding hydrogens is 386 g/mol. The van der Waals surface area contributed by atoms with Gasteiger partial charge in [-0.25, -0.2) is 14.4 Å². The monoisotopic (exact) mass is 413 g/mol. The number of nitrogens with zero attached hydrogens (tertiary/aromatic N) is 1. The molecule has 2 amide bonds. The number of urea groups is 1. The molecule has 0 spiro atoms. The van der Waals surface area contributed by atoms with E-state index in [0.29, 0.717) is 29.8 Å². The van der Waals surface area contributed by atoms with E-state index in [2.05, 4.69) is 10.6 Å². The number of carbonyl (C=O) groups is 3. The third-order valence-electron chi connectivity index (χ3n) is 4.66. The second kappa shape index (κ2) is 10.3. The highest BCUT2D eigenvalue weighted by Crippen LogP contribution is 2.25. The third-order valence-corrected chi connectivity index (χ3v) is 4.66. The first kappa shape index (κ1) is 22.7. The zero-order chi connectivity index (χ0) is 22.3. The maximum absolute atomic E-state index is 12.6. The summed E-state index contributed by atoms with van der Waals surface area (Å²) in [4.78, 5) is 37.2. The van der Waals surface area contributed by atoms with Gasteiger partial charge in [-0.3, -0.25) is 0 Å². The number of carboxylic acid groups (broad SMARTS) is 1. The van der Waals surface area contributed by atoms with E-state index >= 15 is 0 Å². The van der Waals surface area contributed by atoms with Gasteiger partial charge in [0.2, 0.25) is 0 Å². The molecule has 0 heterocycles. The van der Waals surface area contributed by atoms with Gasteiger partial charge in [0.1, 0.15) is 0 Å². The summed E-state index contributed by atoms with van der Waals surface area (Å²) in [5.74, 6) is -1.46. The number of carbonyl (C=O) groups excluding carboxylic acids is 2. The average molecular weight is 413 g/mol. The summed E-state index contributed by atoms with van der Waals surface area (Å²) in [6, 6.07) is 11.1. The lowest BCUT2D eigenvalue weighted by Gasteiger charge is -2.21. The van der Waals surface area contributed by atoms with Gasteiger partial charge in [0.15, 0.2) is 0 Å². The average Bonchev–Trinajstić information content (AvgIpc) is 2.72. The molecule has 1 unspecified atom stereocenters. The number of rotatable bonds is 8. The molecule has 8 heteroatoms. The molecule has 2 aromatic rings. The van der Waals surface area contributed by atoms with Crippen LogP contribution in [0.3, 0.4) is 0 Å². The highest BCUT2D eigenvalue weighted by atomic mass is 16.5. The van der Waals surface area contributed by atoms with Crippen molar-refractivity contribution in [2.75, 3.05) is 31.4 Å². The summed E-state index contributed by atoms with van der Waals surface area (Å²) < 4.78 is 4.69. The van der Waals surface area contributed by atoms with Crippen molar-refractivity contribution in [1.29, 1.82) is 0 Å². The molecule has 30 heavy (non-hydrogen) atoms. The number of amides is 2. The van der Waals surface area contributed by atoms with Gasteiger partial charge >= 0.3 is 18.0 Å². The van der Waals surface area contributed by atoms with Gasteiger partial charge in [0.25, 0.3) is 0 Å². The number of aromatic carboxylic acids is 1. The molecule has 0 aliphatic carbocycles. The van der Waals surface area contributed by atoms with Gasteiger partial charge in [-0.1, -0.05) is 19.1 Å². The number of ether oxygens (including phenoxy) is 1. The highest BCUT2D eigenvalue weighted by Gasteiger charge is 2.16. The van der Waals surface area contributed by atoms with Gasteiger partial charge in [0.05, 0.1) is 29.6 Å². The van der Waals surface area contributed by atoms with Gasteiger partial charge < -0.3 is 25.4 Å². The Labute approximate surface area is 175 Å². The fraction of sp³-hybridized carbons (Fsp3) is 0.318. The van der Waals surface area contributed by atoms with Crippen molar-refractivity contribution in [1.82, 2.24) is 5.32 Å². The molecule has 0 radical (unpaired) electrons. The van der Waals surface area contributed by atoms with Crippen LogP contribution in [-0.4, -0.2) is 50.3 Å². The summed E-state index contributed by atoms with van der Waals surface area (Å²) >= 11 is 0. The van der Waals surface area contributed by atoms with Crippen molar-refractivity contribution in [2.24, 2.45) is 0 Å². The first-order chi connectivity index (χ1) is 14.2. The van der Waals surface area contributed by atoms with Crippen LogP contribution in [0.4, 0.5) is 16.2 Å². The number of anilines is 2. The minimum atomic E-state index is -1.06. The first-order valence-corrected chi connectivity index (χ1v) is 9.54. The number of carboxylic acids is 1. The lowest BCUT2D eigenvalue weighted by atomic mass is 10.0. The van der Waals surface area contributed by atoms with E-state index in [1.807, 2.05) is 33.2 Å². The Morgan fingerprint density at radius 1 is 1.07 bits per heavy atom. The van der Waals surface area contributed by atoms with Crippen molar-refractivity contribution in [3.63, 3.8) is 0 Å². The molecule has 0 aliphatic rings. The van der Waals surface area contributed by atoms with E-state index in [9.17, 15) is 19.5 Å². The van der Waals surface area contributed by atoms with Gasteiger partial charge in [-0.05, 0) is 48.7 Å². The molecule has 160 valence electrons. The van der Waals surface area contributed by atoms with Crippen LogP contribution in [0.5, 0.6) is 0 Å². The molecule has 0 fully saturated rings. The van der Waals surface area contributed by atoms with Crippen molar-refractivity contribution in [3.05, 3.63) is 59.2 Å². The number of nitrogens with one attached hydrogen (secondary N) is 2. The number of methoxy groups -OCH3 is 1. The van der Waals surface area contributed by atoms with E-state index in [-0.39, 0.29) is 11.6 Å². The summed E-state index contributed by atoms with van der Waals surface area (Å²) in [7, 11) is 4.96. The number of esters is 1. The van der Waals surface area contributed by atoms with Crippen LogP contribution >= 0.6 is 0 Å². The SMILES string of the molecule is CCC(Cc1ccc(C(=O)OC)cc1)NC(=O)Nc1cc(C(=O)O)ccc1N(C)C. The van der Waals surface area contributed by atoms with Crippen molar-refractivity contribution in [3.8, 4) is 0 Å². The molecule has 1 atom stereocenters. The zero-order valence-electron chi connectivity index (χ0n) is 17.6. The predicted molar refractivity (Wildman–Crippen MR) is 115 cm³/mol. The summed E-state index contributed by atoms with van der Waals surface area (Å²) in [5, 5.41) is 14.9. The second-order valence-corrected chi connectivity index (χ2v) is 7.03. The van der Waals surface area contributed by atoms with E-state index in [1.165, 1.54) is 19.2 Å². The van der Waals surface area contributed by atoms with Crippen LogP contribution in [0, 0.1) is 0 Å². The molecule has 0 aliphatic heterocycles. The van der Waals surface area contributed by atoms with Crippen LogP contribution < -0.4 is 15.5 Å². The molecule has 2 rings (SSSR count). The maximum atomic E-state index is 12.6. The van der Waals surface area contributed by atoms with E-state index in [0.717, 1.165) is 5.56 Å². The van der Waals surface area contributed by atoms with Crippen LogP contribution in [0.25, 0.3) is 0 Å². The Kier molecular flexibility index (Phi) is 7.80. The summed E-state index contributed by atoms with van der Waals surface area (Å²) in [5.41, 5.74) is 2.64. The molecule has 0 saturated carbocycles. The van der Waals surface area contributed by atoms with Crippen LogP contribution in [-0.2, 0) is 11.2 Å². The van der Waals surface area contributed by atoms with E-state index in [1.54, 1.807) is 23.1 Å². The first-order valence-electron chi connectivity index (χ1n) is 9.54. The van der Waals surface area contributed by atoms with Crippen LogP contribution in [0.15, 0.2) is 42.5 Å². The smallest absolute Gasteiger partial charge is 0.337 e. The Balaban J connectivity index is 2.07. The predicted octanol–water partition coefficient (Wildman–Crippen LogP) is 3.38. The zero-order valence-corrected chi connectivity index (χ0v) is 17.6. The Morgan fingerprint density at radius 3 is 2.23 bits per heavy atom. The summed E-state index contributed by atoms with van der Waals surface area (Å²) in [6.07, 6.45) is 1.28. The Bertz CT molecular complexity index is 909. The maximum Gasteiger partial charge on any atom is 0.337 e. The fourth-order valence-electron chi connectivity index (χ4n) is 2.98.